The van der Waals surface area contributed by atoms with Gasteiger partial charge in [0.2, 0.25) is 0 Å². The summed E-state index contributed by atoms with van der Waals surface area (Å²) in [4.78, 5) is 15.6. The molecule has 17 heavy (non-hydrogen) atoms. The van der Waals surface area contributed by atoms with Gasteiger partial charge in [-0.15, -0.1) is 0 Å². The maximum absolute atomic E-state index is 10.9. The van der Waals surface area contributed by atoms with E-state index >= 15 is 0 Å². The van der Waals surface area contributed by atoms with E-state index in [0.29, 0.717) is 0 Å². The van der Waals surface area contributed by atoms with Gasteiger partial charge < -0.3 is 5.11 Å². The largest absolute Gasteiger partial charge is 0.480 e. The molecule has 4 nitrogen and oxygen atoms in total. The van der Waals surface area contributed by atoms with E-state index in [0.717, 1.165) is 32.2 Å². The summed E-state index contributed by atoms with van der Waals surface area (Å²) < 4.78 is 0. The SMILES string of the molecule is CC(C(=O)O)N1CCN(C2CCSCC2)CC1. The second-order valence-corrected chi connectivity index (χ2v) is 6.15. The third-order valence-electron chi connectivity index (χ3n) is 3.96. The van der Waals surface area contributed by atoms with Crippen molar-refractivity contribution >= 4 is 17.7 Å². The Bertz CT molecular complexity index is 261. The summed E-state index contributed by atoms with van der Waals surface area (Å²) in [5, 5.41) is 8.99. The monoisotopic (exact) mass is 258 g/mol. The second kappa shape index (κ2) is 6.07. The first-order valence-corrected chi connectivity index (χ1v) is 7.62. The highest BCUT2D eigenvalue weighted by molar-refractivity contribution is 7.99. The lowest BCUT2D eigenvalue weighted by Gasteiger charge is -2.41. The molecule has 2 saturated heterocycles. The first kappa shape index (κ1) is 13.2. The van der Waals surface area contributed by atoms with E-state index in [2.05, 4.69) is 21.6 Å². The topological polar surface area (TPSA) is 43.8 Å². The summed E-state index contributed by atoms with van der Waals surface area (Å²) in [6.45, 7) is 5.66. The van der Waals surface area contributed by atoms with E-state index in [9.17, 15) is 4.79 Å². The molecule has 2 aliphatic heterocycles. The van der Waals surface area contributed by atoms with Crippen molar-refractivity contribution in [2.24, 2.45) is 0 Å². The zero-order valence-corrected chi connectivity index (χ0v) is 11.3. The third kappa shape index (κ3) is 3.36. The number of hydrogen-bond acceptors (Lipinski definition) is 4. The highest BCUT2D eigenvalue weighted by Gasteiger charge is 2.28. The Labute approximate surface area is 107 Å². The van der Waals surface area contributed by atoms with Crippen LogP contribution in [-0.4, -0.2) is 70.6 Å². The van der Waals surface area contributed by atoms with Gasteiger partial charge in [0.1, 0.15) is 6.04 Å². The molecule has 5 heteroatoms. The van der Waals surface area contributed by atoms with Gasteiger partial charge in [-0.25, -0.2) is 0 Å². The van der Waals surface area contributed by atoms with Gasteiger partial charge in [0.15, 0.2) is 0 Å². The summed E-state index contributed by atoms with van der Waals surface area (Å²) in [6.07, 6.45) is 2.61. The van der Waals surface area contributed by atoms with Crippen LogP contribution in [0.25, 0.3) is 0 Å². The van der Waals surface area contributed by atoms with Crippen molar-refractivity contribution in [2.75, 3.05) is 37.7 Å². The molecule has 0 bridgehead atoms. The van der Waals surface area contributed by atoms with E-state index in [1.54, 1.807) is 6.92 Å². The number of carboxylic acid groups (broad SMARTS) is 1. The Morgan fingerprint density at radius 2 is 1.82 bits per heavy atom. The van der Waals surface area contributed by atoms with Gasteiger partial charge in [-0.05, 0) is 31.3 Å². The fraction of sp³-hybridized carbons (Fsp3) is 0.917. The number of aliphatic carboxylic acids is 1. The lowest BCUT2D eigenvalue weighted by molar-refractivity contribution is -0.143. The van der Waals surface area contributed by atoms with Gasteiger partial charge in [0, 0.05) is 32.2 Å². The van der Waals surface area contributed by atoms with Gasteiger partial charge in [0.25, 0.3) is 0 Å². The van der Waals surface area contributed by atoms with Crippen molar-refractivity contribution in [1.82, 2.24) is 9.80 Å². The molecule has 0 spiro atoms. The molecule has 0 aromatic heterocycles. The standard InChI is InChI=1S/C12H22N2O2S/c1-10(12(15)16)13-4-6-14(7-5-13)11-2-8-17-9-3-11/h10-11H,2-9H2,1H3,(H,15,16). The fourth-order valence-corrected chi connectivity index (χ4v) is 3.78. The van der Waals surface area contributed by atoms with Crippen LogP contribution >= 0.6 is 11.8 Å². The molecule has 98 valence electrons. The van der Waals surface area contributed by atoms with E-state index < -0.39 is 5.97 Å². The van der Waals surface area contributed by atoms with E-state index in [-0.39, 0.29) is 6.04 Å². The van der Waals surface area contributed by atoms with Gasteiger partial charge in [-0.1, -0.05) is 0 Å². The summed E-state index contributed by atoms with van der Waals surface area (Å²) >= 11 is 2.06. The molecule has 1 unspecified atom stereocenters. The zero-order chi connectivity index (χ0) is 12.3. The van der Waals surface area contributed by atoms with Crippen LogP contribution in [0.3, 0.4) is 0 Å². The Balaban J connectivity index is 1.79. The predicted molar refractivity (Wildman–Crippen MR) is 70.6 cm³/mol. The minimum Gasteiger partial charge on any atom is -0.480 e. The molecule has 0 aliphatic carbocycles. The van der Waals surface area contributed by atoms with Crippen molar-refractivity contribution in [3.8, 4) is 0 Å². The maximum Gasteiger partial charge on any atom is 0.320 e. The smallest absolute Gasteiger partial charge is 0.320 e. The minimum atomic E-state index is -0.701. The molecule has 2 fully saturated rings. The van der Waals surface area contributed by atoms with Crippen LogP contribution in [0, 0.1) is 0 Å². The molecule has 0 amide bonds. The molecule has 2 heterocycles. The van der Waals surface area contributed by atoms with Crippen molar-refractivity contribution in [3.63, 3.8) is 0 Å². The number of nitrogens with zero attached hydrogens (tertiary/aromatic N) is 2. The third-order valence-corrected chi connectivity index (χ3v) is 5.01. The summed E-state index contributed by atoms with van der Waals surface area (Å²) in [5.41, 5.74) is 0. The Hall–Kier alpha value is -0.260. The Kier molecular flexibility index (Phi) is 4.70. The van der Waals surface area contributed by atoms with Crippen molar-refractivity contribution in [2.45, 2.75) is 31.8 Å². The van der Waals surface area contributed by atoms with Crippen LogP contribution in [0.2, 0.25) is 0 Å². The molecule has 1 N–H and O–H groups in total. The van der Waals surface area contributed by atoms with Gasteiger partial charge >= 0.3 is 5.97 Å². The highest BCUT2D eigenvalue weighted by Crippen LogP contribution is 2.23. The number of carboxylic acids is 1. The lowest BCUT2D eigenvalue weighted by Crippen LogP contribution is -2.54. The minimum absolute atomic E-state index is 0.334. The molecule has 0 aromatic carbocycles. The second-order valence-electron chi connectivity index (χ2n) is 4.93. The van der Waals surface area contributed by atoms with Crippen LogP contribution in [0.1, 0.15) is 19.8 Å². The van der Waals surface area contributed by atoms with Crippen molar-refractivity contribution in [1.29, 1.82) is 0 Å². The number of carbonyl (C=O) groups is 1. The van der Waals surface area contributed by atoms with Gasteiger partial charge in [-0.2, -0.15) is 11.8 Å². The Morgan fingerprint density at radius 1 is 1.24 bits per heavy atom. The first-order chi connectivity index (χ1) is 8.18. The molecular weight excluding hydrogens is 236 g/mol. The zero-order valence-electron chi connectivity index (χ0n) is 10.5. The van der Waals surface area contributed by atoms with Gasteiger partial charge in [0.05, 0.1) is 0 Å². The molecular formula is C12H22N2O2S. The van der Waals surface area contributed by atoms with E-state index in [4.69, 9.17) is 5.11 Å². The fourth-order valence-electron chi connectivity index (χ4n) is 2.70. The molecule has 1 atom stereocenters. The number of rotatable bonds is 3. The van der Waals surface area contributed by atoms with Crippen LogP contribution in [0.4, 0.5) is 0 Å². The normalized spacial score (nSPS) is 26.9. The number of thioether (sulfide) groups is 1. The van der Waals surface area contributed by atoms with Crippen LogP contribution in [0.5, 0.6) is 0 Å². The molecule has 0 saturated carbocycles. The molecule has 2 rings (SSSR count). The summed E-state index contributed by atoms with van der Waals surface area (Å²) in [5.74, 6) is 1.87. The summed E-state index contributed by atoms with van der Waals surface area (Å²) in [6, 6.07) is 0.414. The average molecular weight is 258 g/mol. The lowest BCUT2D eigenvalue weighted by atomic mass is 10.1. The summed E-state index contributed by atoms with van der Waals surface area (Å²) in [7, 11) is 0. The van der Waals surface area contributed by atoms with E-state index in [1.807, 2.05) is 0 Å². The number of piperazine rings is 1. The Morgan fingerprint density at radius 3 is 2.35 bits per heavy atom. The van der Waals surface area contributed by atoms with Gasteiger partial charge in [-0.3, -0.25) is 14.6 Å². The highest BCUT2D eigenvalue weighted by atomic mass is 32.2. The van der Waals surface area contributed by atoms with Crippen molar-refractivity contribution < 1.29 is 9.90 Å². The molecule has 2 aliphatic rings. The average Bonchev–Trinajstić information content (AvgIpc) is 2.39. The van der Waals surface area contributed by atoms with Crippen LogP contribution < -0.4 is 0 Å². The first-order valence-electron chi connectivity index (χ1n) is 6.47. The quantitative estimate of drug-likeness (QED) is 0.817. The maximum atomic E-state index is 10.9. The van der Waals surface area contributed by atoms with Crippen LogP contribution in [-0.2, 0) is 4.79 Å². The predicted octanol–water partition coefficient (Wildman–Crippen LogP) is 0.973. The molecule has 0 aromatic rings. The number of hydrogen-bond donors (Lipinski definition) is 1. The van der Waals surface area contributed by atoms with Crippen molar-refractivity contribution in [3.05, 3.63) is 0 Å². The molecule has 0 radical (unpaired) electrons. The van der Waals surface area contributed by atoms with E-state index in [1.165, 1.54) is 24.3 Å². The van der Waals surface area contributed by atoms with Crippen LogP contribution in [0.15, 0.2) is 0 Å².